The number of rotatable bonds is 2. The number of benzene rings is 1. The number of hydrogen-bond acceptors (Lipinski definition) is 3. The topological polar surface area (TPSA) is 66.5 Å². The number of nitrogens with two attached hydrogens (primary N) is 1. The number of aliphatic hydroxyl groups is 2. The van der Waals surface area contributed by atoms with Crippen molar-refractivity contribution in [2.75, 3.05) is 5.73 Å². The molecule has 0 aromatic heterocycles. The van der Waals surface area contributed by atoms with E-state index in [1.54, 1.807) is 31.2 Å². The Morgan fingerprint density at radius 2 is 1.92 bits per heavy atom. The van der Waals surface area contributed by atoms with Gasteiger partial charge in [-0.25, -0.2) is 0 Å². The third kappa shape index (κ3) is 1.57. The maximum absolute atomic E-state index is 9.45. The number of para-hydroxylation sites is 1. The van der Waals surface area contributed by atoms with E-state index >= 15 is 0 Å². The van der Waals surface area contributed by atoms with Crippen molar-refractivity contribution < 1.29 is 10.2 Å². The van der Waals surface area contributed by atoms with Crippen LogP contribution in [-0.2, 0) is 5.79 Å². The smallest absolute Gasteiger partial charge is 0.191 e. The molecular weight excluding hydrogens is 154 g/mol. The van der Waals surface area contributed by atoms with Crippen molar-refractivity contribution in [2.45, 2.75) is 19.1 Å². The van der Waals surface area contributed by atoms with Crippen LogP contribution in [0.5, 0.6) is 0 Å². The summed E-state index contributed by atoms with van der Waals surface area (Å²) in [5, 5.41) is 18.9. The van der Waals surface area contributed by atoms with E-state index in [1.807, 2.05) is 0 Å². The van der Waals surface area contributed by atoms with Gasteiger partial charge in [0.1, 0.15) is 0 Å². The van der Waals surface area contributed by atoms with Gasteiger partial charge in [0.25, 0.3) is 0 Å². The lowest BCUT2D eigenvalue weighted by Gasteiger charge is -2.21. The third-order valence-electron chi connectivity index (χ3n) is 1.89. The van der Waals surface area contributed by atoms with Gasteiger partial charge in [-0.3, -0.25) is 0 Å². The van der Waals surface area contributed by atoms with Crippen molar-refractivity contribution >= 4 is 5.69 Å². The first-order chi connectivity index (χ1) is 5.58. The molecule has 0 bridgehead atoms. The van der Waals surface area contributed by atoms with Gasteiger partial charge in [0.15, 0.2) is 5.79 Å². The lowest BCUT2D eigenvalue weighted by atomic mass is 10.0. The van der Waals surface area contributed by atoms with Crippen LogP contribution in [0.15, 0.2) is 24.3 Å². The second kappa shape index (κ2) is 3.13. The van der Waals surface area contributed by atoms with Gasteiger partial charge in [0.05, 0.1) is 0 Å². The highest BCUT2D eigenvalue weighted by molar-refractivity contribution is 5.48. The monoisotopic (exact) mass is 167 g/mol. The minimum absolute atomic E-state index is 0.223. The van der Waals surface area contributed by atoms with Crippen LogP contribution < -0.4 is 5.73 Å². The van der Waals surface area contributed by atoms with E-state index in [-0.39, 0.29) is 6.42 Å². The summed E-state index contributed by atoms with van der Waals surface area (Å²) in [4.78, 5) is 0. The highest BCUT2D eigenvalue weighted by atomic mass is 16.5. The molecule has 1 rings (SSSR count). The average molecular weight is 167 g/mol. The Balaban J connectivity index is 3.10. The molecule has 0 unspecified atom stereocenters. The summed E-state index contributed by atoms with van der Waals surface area (Å²) < 4.78 is 0. The predicted molar refractivity (Wildman–Crippen MR) is 47.3 cm³/mol. The van der Waals surface area contributed by atoms with Crippen molar-refractivity contribution in [3.63, 3.8) is 0 Å². The maximum Gasteiger partial charge on any atom is 0.191 e. The molecule has 0 atom stereocenters. The first-order valence-electron chi connectivity index (χ1n) is 3.87. The molecule has 0 saturated heterocycles. The van der Waals surface area contributed by atoms with Gasteiger partial charge >= 0.3 is 0 Å². The molecule has 0 radical (unpaired) electrons. The van der Waals surface area contributed by atoms with E-state index in [2.05, 4.69) is 0 Å². The highest BCUT2D eigenvalue weighted by Crippen LogP contribution is 2.26. The van der Waals surface area contributed by atoms with Crippen molar-refractivity contribution in [3.05, 3.63) is 29.8 Å². The summed E-state index contributed by atoms with van der Waals surface area (Å²) in [7, 11) is 0. The highest BCUT2D eigenvalue weighted by Gasteiger charge is 2.24. The van der Waals surface area contributed by atoms with Gasteiger partial charge in [0, 0.05) is 17.7 Å². The summed E-state index contributed by atoms with van der Waals surface area (Å²) in [6, 6.07) is 6.73. The molecule has 0 aliphatic carbocycles. The third-order valence-corrected chi connectivity index (χ3v) is 1.89. The van der Waals surface area contributed by atoms with Crippen molar-refractivity contribution in [1.82, 2.24) is 0 Å². The number of nitrogen functional groups attached to an aromatic ring is 1. The molecule has 1 aromatic rings. The van der Waals surface area contributed by atoms with Gasteiger partial charge in [-0.15, -0.1) is 0 Å². The summed E-state index contributed by atoms with van der Waals surface area (Å²) in [6.07, 6.45) is 0.223. The molecule has 12 heavy (non-hydrogen) atoms. The minimum atomic E-state index is -1.80. The first-order valence-corrected chi connectivity index (χ1v) is 3.87. The van der Waals surface area contributed by atoms with E-state index in [1.165, 1.54) is 0 Å². The summed E-state index contributed by atoms with van der Waals surface area (Å²) in [6.45, 7) is 1.69. The van der Waals surface area contributed by atoms with Crippen LogP contribution >= 0.6 is 0 Å². The summed E-state index contributed by atoms with van der Waals surface area (Å²) >= 11 is 0. The van der Waals surface area contributed by atoms with Crippen molar-refractivity contribution in [3.8, 4) is 0 Å². The van der Waals surface area contributed by atoms with E-state index < -0.39 is 5.79 Å². The van der Waals surface area contributed by atoms with Gasteiger partial charge in [-0.2, -0.15) is 0 Å². The molecule has 1 aromatic carbocycles. The molecule has 0 heterocycles. The molecule has 4 N–H and O–H groups in total. The fourth-order valence-electron chi connectivity index (χ4n) is 1.05. The van der Waals surface area contributed by atoms with E-state index in [4.69, 9.17) is 5.73 Å². The zero-order chi connectivity index (χ0) is 9.19. The Hall–Kier alpha value is -1.06. The quantitative estimate of drug-likeness (QED) is 0.451. The van der Waals surface area contributed by atoms with Crippen LogP contribution in [0.1, 0.15) is 18.9 Å². The van der Waals surface area contributed by atoms with Crippen molar-refractivity contribution in [2.24, 2.45) is 0 Å². The zero-order valence-corrected chi connectivity index (χ0v) is 6.99. The molecular formula is C9H13NO2. The van der Waals surface area contributed by atoms with Crippen molar-refractivity contribution in [1.29, 1.82) is 0 Å². The van der Waals surface area contributed by atoms with Crippen LogP contribution in [0.4, 0.5) is 5.69 Å². The van der Waals surface area contributed by atoms with E-state index in [9.17, 15) is 10.2 Å². The number of hydrogen-bond donors (Lipinski definition) is 3. The molecule has 0 fully saturated rings. The second-order valence-electron chi connectivity index (χ2n) is 2.76. The SMILES string of the molecule is CCC(O)(O)c1ccccc1N. The van der Waals surface area contributed by atoms with Crippen LogP contribution in [0.3, 0.4) is 0 Å². The van der Waals surface area contributed by atoms with Crippen LogP contribution in [0, 0.1) is 0 Å². The molecule has 3 heteroatoms. The summed E-state index contributed by atoms with van der Waals surface area (Å²) in [5.41, 5.74) is 6.34. The first kappa shape index (κ1) is 9.03. The fourth-order valence-corrected chi connectivity index (χ4v) is 1.05. The summed E-state index contributed by atoms with van der Waals surface area (Å²) in [5.74, 6) is -1.80. The fraction of sp³-hybridized carbons (Fsp3) is 0.333. The predicted octanol–water partition coefficient (Wildman–Crippen LogP) is 0.816. The molecule has 0 saturated carbocycles. The van der Waals surface area contributed by atoms with Gasteiger partial charge < -0.3 is 15.9 Å². The lowest BCUT2D eigenvalue weighted by Crippen LogP contribution is -2.24. The lowest BCUT2D eigenvalue weighted by molar-refractivity contribution is -0.170. The van der Waals surface area contributed by atoms with Gasteiger partial charge in [-0.05, 0) is 6.07 Å². The molecule has 0 amide bonds. The normalized spacial score (nSPS) is 11.6. The van der Waals surface area contributed by atoms with Gasteiger partial charge in [-0.1, -0.05) is 25.1 Å². The Labute approximate surface area is 71.5 Å². The maximum atomic E-state index is 9.45. The largest absolute Gasteiger partial charge is 0.398 e. The molecule has 0 aliphatic rings. The van der Waals surface area contributed by atoms with Crippen LogP contribution in [0.25, 0.3) is 0 Å². The standard InChI is InChI=1S/C9H13NO2/c1-2-9(11,12)7-5-3-4-6-8(7)10/h3-6,11-12H,2,10H2,1H3. The molecule has 0 spiro atoms. The van der Waals surface area contributed by atoms with Crippen LogP contribution in [-0.4, -0.2) is 10.2 Å². The zero-order valence-electron chi connectivity index (χ0n) is 6.99. The molecule has 3 nitrogen and oxygen atoms in total. The van der Waals surface area contributed by atoms with Gasteiger partial charge in [0.2, 0.25) is 0 Å². The Morgan fingerprint density at radius 1 is 1.33 bits per heavy atom. The Morgan fingerprint density at radius 3 is 2.42 bits per heavy atom. The van der Waals surface area contributed by atoms with E-state index in [0.717, 1.165) is 0 Å². The molecule has 0 aliphatic heterocycles. The minimum Gasteiger partial charge on any atom is -0.398 e. The number of anilines is 1. The molecule has 66 valence electrons. The Kier molecular flexibility index (Phi) is 2.35. The van der Waals surface area contributed by atoms with E-state index in [0.29, 0.717) is 11.3 Å². The van der Waals surface area contributed by atoms with Crippen LogP contribution in [0.2, 0.25) is 0 Å². The second-order valence-corrected chi connectivity index (χ2v) is 2.76. The Bertz CT molecular complexity index is 271. The average Bonchev–Trinajstić information content (AvgIpc) is 2.05.